The molecule has 2 heterocycles. The van der Waals surface area contributed by atoms with E-state index in [2.05, 4.69) is 4.98 Å². The standard InChI is InChI=1S/C19H24N2O5S/c1-3-25-9-10-27-19-20-16-11-13(18(23)24-2)6-7-15(16)17(22)21(19)12-14-5-4-8-26-14/h6-7,11,14H,3-5,8-10,12H2,1-2H3/t14-/m1/s1. The maximum Gasteiger partial charge on any atom is 0.337 e. The van der Waals surface area contributed by atoms with E-state index in [0.29, 0.717) is 47.1 Å². The molecule has 1 aliphatic rings. The topological polar surface area (TPSA) is 79.7 Å². The van der Waals surface area contributed by atoms with Gasteiger partial charge in [0.2, 0.25) is 0 Å². The van der Waals surface area contributed by atoms with Gasteiger partial charge in [0.1, 0.15) is 0 Å². The number of hydrogen-bond donors (Lipinski definition) is 0. The Morgan fingerprint density at radius 2 is 2.30 bits per heavy atom. The molecular weight excluding hydrogens is 368 g/mol. The first-order valence-corrected chi connectivity index (χ1v) is 10.1. The summed E-state index contributed by atoms with van der Waals surface area (Å²) < 4.78 is 17.5. The summed E-state index contributed by atoms with van der Waals surface area (Å²) >= 11 is 1.47. The van der Waals surface area contributed by atoms with Crippen molar-refractivity contribution in [2.24, 2.45) is 0 Å². The van der Waals surface area contributed by atoms with Crippen LogP contribution in [0.15, 0.2) is 28.2 Å². The Kier molecular flexibility index (Phi) is 6.87. The van der Waals surface area contributed by atoms with Gasteiger partial charge in [0.15, 0.2) is 5.16 Å². The van der Waals surface area contributed by atoms with Crippen molar-refractivity contribution in [3.05, 3.63) is 34.1 Å². The largest absolute Gasteiger partial charge is 0.465 e. The van der Waals surface area contributed by atoms with Crippen LogP contribution in [0, 0.1) is 0 Å². The lowest BCUT2D eigenvalue weighted by atomic mass is 10.1. The number of aromatic nitrogens is 2. The molecule has 0 bridgehead atoms. The average Bonchev–Trinajstić information content (AvgIpc) is 3.20. The molecule has 0 amide bonds. The van der Waals surface area contributed by atoms with Gasteiger partial charge in [-0.2, -0.15) is 0 Å². The fourth-order valence-corrected chi connectivity index (χ4v) is 3.90. The van der Waals surface area contributed by atoms with Crippen LogP contribution in [0.25, 0.3) is 10.9 Å². The molecule has 0 spiro atoms. The second kappa shape index (κ2) is 9.34. The predicted molar refractivity (Wildman–Crippen MR) is 104 cm³/mol. The maximum absolute atomic E-state index is 13.1. The van der Waals surface area contributed by atoms with Crippen LogP contribution < -0.4 is 5.56 Å². The Labute approximate surface area is 162 Å². The van der Waals surface area contributed by atoms with Gasteiger partial charge in [0.05, 0.1) is 42.8 Å². The van der Waals surface area contributed by atoms with Crippen LogP contribution in [0.4, 0.5) is 0 Å². The minimum atomic E-state index is -0.451. The van der Waals surface area contributed by atoms with Gasteiger partial charge in [0.25, 0.3) is 5.56 Å². The summed E-state index contributed by atoms with van der Waals surface area (Å²) in [5.41, 5.74) is 0.746. The molecule has 0 radical (unpaired) electrons. The second-order valence-electron chi connectivity index (χ2n) is 6.21. The van der Waals surface area contributed by atoms with Crippen LogP contribution in [0.5, 0.6) is 0 Å². The van der Waals surface area contributed by atoms with Gasteiger partial charge < -0.3 is 14.2 Å². The third-order valence-electron chi connectivity index (χ3n) is 4.41. The summed E-state index contributed by atoms with van der Waals surface area (Å²) in [4.78, 5) is 29.5. The molecule has 1 saturated heterocycles. The number of thioether (sulfide) groups is 1. The Bertz CT molecular complexity index is 861. The highest BCUT2D eigenvalue weighted by atomic mass is 32.2. The van der Waals surface area contributed by atoms with E-state index in [-0.39, 0.29) is 11.7 Å². The number of carbonyl (C=O) groups is 1. The zero-order valence-electron chi connectivity index (χ0n) is 15.6. The average molecular weight is 392 g/mol. The SMILES string of the molecule is CCOCCSc1nc2cc(C(=O)OC)ccc2c(=O)n1C[C@H]1CCCO1. The van der Waals surface area contributed by atoms with Crippen molar-refractivity contribution in [1.82, 2.24) is 9.55 Å². The molecule has 8 heteroatoms. The number of esters is 1. The molecule has 0 N–H and O–H groups in total. The molecule has 0 aliphatic carbocycles. The smallest absolute Gasteiger partial charge is 0.337 e. The molecule has 1 atom stereocenters. The first-order chi connectivity index (χ1) is 13.1. The third kappa shape index (κ3) is 4.69. The number of rotatable bonds is 8. The molecule has 27 heavy (non-hydrogen) atoms. The summed E-state index contributed by atoms with van der Waals surface area (Å²) in [6.07, 6.45) is 1.98. The Hall–Kier alpha value is -1.90. The normalized spacial score (nSPS) is 16.7. The molecule has 2 aromatic rings. The lowest BCUT2D eigenvalue weighted by Gasteiger charge is -2.16. The molecule has 0 saturated carbocycles. The Morgan fingerprint density at radius 3 is 3.00 bits per heavy atom. The number of ether oxygens (including phenoxy) is 3. The Morgan fingerprint density at radius 1 is 1.44 bits per heavy atom. The number of methoxy groups -OCH3 is 1. The van der Waals surface area contributed by atoms with Crippen LogP contribution in [-0.2, 0) is 20.8 Å². The van der Waals surface area contributed by atoms with E-state index in [1.807, 2.05) is 6.92 Å². The maximum atomic E-state index is 13.1. The van der Waals surface area contributed by atoms with Crippen molar-refractivity contribution < 1.29 is 19.0 Å². The van der Waals surface area contributed by atoms with Crippen LogP contribution >= 0.6 is 11.8 Å². The number of benzene rings is 1. The minimum Gasteiger partial charge on any atom is -0.465 e. The molecule has 0 unspecified atom stereocenters. The van der Waals surface area contributed by atoms with Gasteiger partial charge >= 0.3 is 5.97 Å². The van der Waals surface area contributed by atoms with Gasteiger partial charge in [-0.25, -0.2) is 9.78 Å². The summed E-state index contributed by atoms with van der Waals surface area (Å²) in [7, 11) is 1.33. The molecule has 3 rings (SSSR count). The highest BCUT2D eigenvalue weighted by Gasteiger charge is 2.20. The highest BCUT2D eigenvalue weighted by molar-refractivity contribution is 7.99. The van der Waals surface area contributed by atoms with Gasteiger partial charge in [0, 0.05) is 19.0 Å². The number of hydrogen-bond acceptors (Lipinski definition) is 7. The summed E-state index contributed by atoms with van der Waals surface area (Å²) in [5, 5.41) is 1.10. The predicted octanol–water partition coefficient (Wildman–Crippen LogP) is 2.49. The first kappa shape index (κ1) is 19.9. The van der Waals surface area contributed by atoms with E-state index in [9.17, 15) is 9.59 Å². The number of nitrogens with zero attached hydrogens (tertiary/aromatic N) is 2. The third-order valence-corrected chi connectivity index (χ3v) is 5.36. The summed E-state index contributed by atoms with van der Waals surface area (Å²) in [6.45, 7) is 4.39. The van der Waals surface area contributed by atoms with Crippen molar-refractivity contribution in [2.75, 3.05) is 32.7 Å². The first-order valence-electron chi connectivity index (χ1n) is 9.09. The fourth-order valence-electron chi connectivity index (χ4n) is 3.04. The van der Waals surface area contributed by atoms with Crippen molar-refractivity contribution in [2.45, 2.75) is 37.6 Å². The summed E-state index contributed by atoms with van der Waals surface area (Å²) in [5.74, 6) is 0.237. The summed E-state index contributed by atoms with van der Waals surface area (Å²) in [6, 6.07) is 4.83. The fraction of sp³-hybridized carbons (Fsp3) is 0.526. The van der Waals surface area contributed by atoms with E-state index < -0.39 is 5.97 Å². The number of carbonyl (C=O) groups excluding carboxylic acids is 1. The van der Waals surface area contributed by atoms with Crippen molar-refractivity contribution in [3.8, 4) is 0 Å². The molecule has 1 aromatic carbocycles. The molecule has 1 fully saturated rings. The van der Waals surface area contributed by atoms with Crippen LogP contribution in [0.2, 0.25) is 0 Å². The molecule has 146 valence electrons. The van der Waals surface area contributed by atoms with Crippen LogP contribution in [0.3, 0.4) is 0 Å². The van der Waals surface area contributed by atoms with E-state index in [0.717, 1.165) is 19.4 Å². The molecule has 7 nitrogen and oxygen atoms in total. The van der Waals surface area contributed by atoms with Gasteiger partial charge in [-0.3, -0.25) is 9.36 Å². The lowest BCUT2D eigenvalue weighted by Crippen LogP contribution is -2.29. The lowest BCUT2D eigenvalue weighted by molar-refractivity contribution is 0.0601. The van der Waals surface area contributed by atoms with E-state index in [4.69, 9.17) is 14.2 Å². The second-order valence-corrected chi connectivity index (χ2v) is 7.28. The van der Waals surface area contributed by atoms with Gasteiger partial charge in [-0.05, 0) is 38.0 Å². The number of fused-ring (bicyclic) bond motifs is 1. The molecular formula is C19H24N2O5S. The van der Waals surface area contributed by atoms with E-state index >= 15 is 0 Å². The van der Waals surface area contributed by atoms with Gasteiger partial charge in [-0.15, -0.1) is 0 Å². The van der Waals surface area contributed by atoms with Crippen LogP contribution in [0.1, 0.15) is 30.1 Å². The monoisotopic (exact) mass is 392 g/mol. The quantitative estimate of drug-likeness (QED) is 0.295. The van der Waals surface area contributed by atoms with Crippen molar-refractivity contribution >= 4 is 28.6 Å². The van der Waals surface area contributed by atoms with Crippen molar-refractivity contribution in [1.29, 1.82) is 0 Å². The zero-order chi connectivity index (χ0) is 19.2. The highest BCUT2D eigenvalue weighted by Crippen LogP contribution is 2.21. The van der Waals surface area contributed by atoms with Gasteiger partial charge in [-0.1, -0.05) is 11.8 Å². The van der Waals surface area contributed by atoms with Crippen LogP contribution in [-0.4, -0.2) is 54.3 Å². The molecule has 1 aromatic heterocycles. The van der Waals surface area contributed by atoms with Crippen molar-refractivity contribution in [3.63, 3.8) is 0 Å². The minimum absolute atomic E-state index is 0.0301. The molecule has 1 aliphatic heterocycles. The van der Waals surface area contributed by atoms with E-state index in [1.54, 1.807) is 22.8 Å². The van der Waals surface area contributed by atoms with E-state index in [1.165, 1.54) is 18.9 Å². The zero-order valence-corrected chi connectivity index (χ0v) is 16.4. The Balaban J connectivity index is 1.98.